The van der Waals surface area contributed by atoms with Crippen LogP contribution in [0, 0.1) is 0 Å². The summed E-state index contributed by atoms with van der Waals surface area (Å²) in [4.78, 5) is 17.0. The number of aromatic nitrogens is 3. The number of anilines is 1. The molecule has 1 aromatic carbocycles. The molecule has 0 aliphatic carbocycles. The number of piperazine rings is 1. The van der Waals surface area contributed by atoms with Crippen LogP contribution in [0.4, 0.5) is 5.69 Å². The molecular weight excluding hydrogens is 385 g/mol. The van der Waals surface area contributed by atoms with Crippen LogP contribution in [0.15, 0.2) is 47.4 Å². The summed E-state index contributed by atoms with van der Waals surface area (Å²) in [5, 5.41) is 5.56. The molecule has 0 N–H and O–H groups in total. The smallest absolute Gasteiger partial charge is 0.350 e. The van der Waals surface area contributed by atoms with Gasteiger partial charge in [0.05, 0.1) is 10.0 Å². The van der Waals surface area contributed by atoms with E-state index in [-0.39, 0.29) is 5.69 Å². The molecule has 142 valence electrons. The van der Waals surface area contributed by atoms with Crippen LogP contribution in [-0.4, -0.2) is 51.8 Å². The zero-order valence-electron chi connectivity index (χ0n) is 14.9. The van der Waals surface area contributed by atoms with Crippen LogP contribution in [0.1, 0.15) is 6.42 Å². The second-order valence-corrected chi connectivity index (χ2v) is 7.53. The molecule has 6 nitrogen and oxygen atoms in total. The Kier molecular flexibility index (Phi) is 5.38. The first kappa shape index (κ1) is 18.3. The molecule has 1 fully saturated rings. The Morgan fingerprint density at radius 2 is 1.78 bits per heavy atom. The molecule has 3 heterocycles. The van der Waals surface area contributed by atoms with E-state index in [0.29, 0.717) is 22.2 Å². The average Bonchev–Trinajstić information content (AvgIpc) is 3.01. The standard InChI is InChI=1S/C19H21Cl2N5O/c20-16-6-5-15(14-17(16)21)24-12-10-23(11-13-24)7-3-9-26-19(27)25-8-2-1-4-18(25)22-26/h1-2,4-6,8,14H,3,7,9-13H2. The summed E-state index contributed by atoms with van der Waals surface area (Å²) < 4.78 is 3.14. The number of rotatable bonds is 5. The maximum atomic E-state index is 12.3. The van der Waals surface area contributed by atoms with E-state index in [1.165, 1.54) is 0 Å². The van der Waals surface area contributed by atoms with Gasteiger partial charge in [-0.05, 0) is 36.8 Å². The van der Waals surface area contributed by atoms with Crippen molar-refractivity contribution in [2.24, 2.45) is 0 Å². The molecule has 3 aromatic rings. The zero-order valence-corrected chi connectivity index (χ0v) is 16.4. The van der Waals surface area contributed by atoms with E-state index in [0.717, 1.165) is 44.8 Å². The summed E-state index contributed by atoms with van der Waals surface area (Å²) in [6, 6.07) is 11.4. The highest BCUT2D eigenvalue weighted by atomic mass is 35.5. The van der Waals surface area contributed by atoms with E-state index in [1.807, 2.05) is 36.4 Å². The van der Waals surface area contributed by atoms with Gasteiger partial charge in [-0.25, -0.2) is 9.48 Å². The van der Waals surface area contributed by atoms with Gasteiger partial charge < -0.3 is 4.90 Å². The van der Waals surface area contributed by atoms with E-state index >= 15 is 0 Å². The lowest BCUT2D eigenvalue weighted by Crippen LogP contribution is -2.46. The van der Waals surface area contributed by atoms with Gasteiger partial charge in [-0.1, -0.05) is 29.3 Å². The van der Waals surface area contributed by atoms with E-state index in [1.54, 1.807) is 15.3 Å². The minimum Gasteiger partial charge on any atom is -0.369 e. The number of halogens is 2. The summed E-state index contributed by atoms with van der Waals surface area (Å²) >= 11 is 12.1. The second kappa shape index (κ2) is 7.92. The third kappa shape index (κ3) is 3.98. The highest BCUT2D eigenvalue weighted by Crippen LogP contribution is 2.27. The van der Waals surface area contributed by atoms with Crippen LogP contribution >= 0.6 is 23.2 Å². The Labute approximate surface area is 167 Å². The lowest BCUT2D eigenvalue weighted by molar-refractivity contribution is 0.248. The third-order valence-electron chi connectivity index (χ3n) is 4.97. The number of fused-ring (bicyclic) bond motifs is 1. The molecule has 8 heteroatoms. The summed E-state index contributed by atoms with van der Waals surface area (Å²) in [6.07, 6.45) is 2.65. The van der Waals surface area contributed by atoms with E-state index in [4.69, 9.17) is 23.2 Å². The predicted octanol–water partition coefficient (Wildman–Crippen LogP) is 3.02. The fourth-order valence-corrected chi connectivity index (χ4v) is 3.76. The molecule has 1 saturated heterocycles. The third-order valence-corrected chi connectivity index (χ3v) is 5.71. The molecule has 0 radical (unpaired) electrons. The van der Waals surface area contributed by atoms with Crippen LogP contribution in [0.5, 0.6) is 0 Å². The minimum absolute atomic E-state index is 0.0740. The maximum Gasteiger partial charge on any atom is 0.350 e. The topological polar surface area (TPSA) is 45.8 Å². The Morgan fingerprint density at radius 3 is 2.52 bits per heavy atom. The lowest BCUT2D eigenvalue weighted by atomic mass is 10.2. The Balaban J connectivity index is 1.28. The van der Waals surface area contributed by atoms with Crippen molar-refractivity contribution in [1.82, 2.24) is 19.1 Å². The van der Waals surface area contributed by atoms with Gasteiger partial charge in [-0.2, -0.15) is 0 Å². The van der Waals surface area contributed by atoms with Gasteiger partial charge in [0.2, 0.25) is 0 Å². The van der Waals surface area contributed by atoms with Crippen molar-refractivity contribution in [3.8, 4) is 0 Å². The molecule has 1 aliphatic rings. The summed E-state index contributed by atoms with van der Waals surface area (Å²) in [6.45, 7) is 5.46. The zero-order chi connectivity index (χ0) is 18.8. The van der Waals surface area contributed by atoms with E-state index in [9.17, 15) is 4.79 Å². The van der Waals surface area contributed by atoms with Crippen molar-refractivity contribution < 1.29 is 0 Å². The van der Waals surface area contributed by atoms with E-state index < -0.39 is 0 Å². The normalized spacial score (nSPS) is 15.6. The molecule has 27 heavy (non-hydrogen) atoms. The quantitative estimate of drug-likeness (QED) is 0.654. The van der Waals surface area contributed by atoms with Gasteiger partial charge >= 0.3 is 5.69 Å². The Hall–Kier alpha value is -2.02. The molecule has 0 bridgehead atoms. The van der Waals surface area contributed by atoms with Crippen molar-refractivity contribution in [3.63, 3.8) is 0 Å². The number of benzene rings is 1. The molecule has 4 rings (SSSR count). The first-order chi connectivity index (χ1) is 13.1. The molecule has 0 spiro atoms. The van der Waals surface area contributed by atoms with E-state index in [2.05, 4.69) is 14.9 Å². The molecule has 0 atom stereocenters. The molecule has 0 saturated carbocycles. The number of aryl methyl sites for hydroxylation is 1. The average molecular weight is 406 g/mol. The fraction of sp³-hybridized carbons (Fsp3) is 0.368. The van der Waals surface area contributed by atoms with Gasteiger partial charge in [0.15, 0.2) is 5.65 Å². The molecule has 1 aliphatic heterocycles. The molecule has 2 aromatic heterocycles. The number of nitrogens with zero attached hydrogens (tertiary/aromatic N) is 5. The Morgan fingerprint density at radius 1 is 0.963 bits per heavy atom. The fourth-order valence-electron chi connectivity index (χ4n) is 3.47. The number of pyridine rings is 1. The second-order valence-electron chi connectivity index (χ2n) is 6.72. The molecule has 0 amide bonds. The Bertz CT molecular complexity index is 991. The van der Waals surface area contributed by atoms with Gasteiger partial charge in [-0.3, -0.25) is 9.30 Å². The van der Waals surface area contributed by atoms with Crippen molar-refractivity contribution in [2.45, 2.75) is 13.0 Å². The van der Waals surface area contributed by atoms with Gasteiger partial charge in [0, 0.05) is 51.2 Å². The van der Waals surface area contributed by atoms with Gasteiger partial charge in [-0.15, -0.1) is 5.10 Å². The number of hydrogen-bond acceptors (Lipinski definition) is 4. The predicted molar refractivity (Wildman–Crippen MR) is 109 cm³/mol. The lowest BCUT2D eigenvalue weighted by Gasteiger charge is -2.36. The maximum absolute atomic E-state index is 12.3. The highest BCUT2D eigenvalue weighted by Gasteiger charge is 2.17. The number of hydrogen-bond donors (Lipinski definition) is 0. The summed E-state index contributed by atoms with van der Waals surface area (Å²) in [5.41, 5.74) is 1.73. The van der Waals surface area contributed by atoms with Crippen molar-refractivity contribution in [3.05, 3.63) is 63.1 Å². The van der Waals surface area contributed by atoms with Gasteiger partial charge in [0.25, 0.3) is 0 Å². The van der Waals surface area contributed by atoms with Gasteiger partial charge in [0.1, 0.15) is 0 Å². The van der Waals surface area contributed by atoms with Crippen LogP contribution in [0.2, 0.25) is 10.0 Å². The van der Waals surface area contributed by atoms with Crippen molar-refractivity contribution in [1.29, 1.82) is 0 Å². The van der Waals surface area contributed by atoms with Crippen LogP contribution in [0.25, 0.3) is 5.65 Å². The van der Waals surface area contributed by atoms with Crippen LogP contribution < -0.4 is 10.6 Å². The van der Waals surface area contributed by atoms with Crippen LogP contribution in [-0.2, 0) is 6.54 Å². The summed E-state index contributed by atoms with van der Waals surface area (Å²) in [5.74, 6) is 0. The molecular formula is C19H21Cl2N5O. The first-order valence-corrected chi connectivity index (χ1v) is 9.84. The highest BCUT2D eigenvalue weighted by molar-refractivity contribution is 6.42. The summed E-state index contributed by atoms with van der Waals surface area (Å²) in [7, 11) is 0. The molecule has 0 unspecified atom stereocenters. The largest absolute Gasteiger partial charge is 0.369 e. The van der Waals surface area contributed by atoms with Crippen molar-refractivity contribution in [2.75, 3.05) is 37.6 Å². The van der Waals surface area contributed by atoms with Crippen molar-refractivity contribution >= 4 is 34.5 Å². The monoisotopic (exact) mass is 405 g/mol. The minimum atomic E-state index is -0.0740. The first-order valence-electron chi connectivity index (χ1n) is 9.08. The van der Waals surface area contributed by atoms with Crippen LogP contribution in [0.3, 0.4) is 0 Å². The SMILES string of the molecule is O=c1n(CCCN2CCN(c3ccc(Cl)c(Cl)c3)CC2)nc2ccccn12.